The highest BCUT2D eigenvalue weighted by molar-refractivity contribution is 7.92. The molecule has 0 saturated carbocycles. The monoisotopic (exact) mass is 387 g/mol. The number of carbonyl (C=O) groups is 1. The zero-order chi connectivity index (χ0) is 19.8. The maximum atomic E-state index is 12.8. The molecule has 1 aliphatic heterocycles. The molecule has 1 atom stereocenters. The fourth-order valence-corrected chi connectivity index (χ4v) is 4.12. The van der Waals surface area contributed by atoms with Crippen LogP contribution in [0.5, 0.6) is 0 Å². The molecule has 7 heteroatoms. The number of para-hydroxylation sites is 1. The van der Waals surface area contributed by atoms with Gasteiger partial charge >= 0.3 is 0 Å². The summed E-state index contributed by atoms with van der Waals surface area (Å²) < 4.78 is 24.0. The Hall–Kier alpha value is -2.41. The zero-order valence-electron chi connectivity index (χ0n) is 16.1. The quantitative estimate of drug-likeness (QED) is 0.872. The predicted octanol–water partition coefficient (Wildman–Crippen LogP) is 3.04. The highest BCUT2D eigenvalue weighted by Gasteiger charge is 2.32. The number of sulfone groups is 1. The van der Waals surface area contributed by atoms with Gasteiger partial charge in [0.15, 0.2) is 14.9 Å². The number of rotatable bonds is 4. The lowest BCUT2D eigenvalue weighted by Crippen LogP contribution is -2.40. The normalized spacial score (nSPS) is 15.3. The van der Waals surface area contributed by atoms with Gasteiger partial charge in [-0.05, 0) is 57.9 Å². The number of aromatic nitrogens is 1. The van der Waals surface area contributed by atoms with Crippen molar-refractivity contribution in [1.82, 2.24) is 4.98 Å². The van der Waals surface area contributed by atoms with Gasteiger partial charge < -0.3 is 10.2 Å². The summed E-state index contributed by atoms with van der Waals surface area (Å²) in [5.41, 5.74) is 2.74. The van der Waals surface area contributed by atoms with E-state index in [-0.39, 0.29) is 10.9 Å². The molecule has 1 amide bonds. The van der Waals surface area contributed by atoms with Crippen LogP contribution in [0.25, 0.3) is 0 Å². The lowest BCUT2D eigenvalue weighted by molar-refractivity contribution is -0.118. The Labute approximate surface area is 160 Å². The van der Waals surface area contributed by atoms with E-state index < -0.39 is 20.6 Å². The predicted molar refractivity (Wildman–Crippen MR) is 107 cm³/mol. The minimum absolute atomic E-state index is 0.0219. The van der Waals surface area contributed by atoms with E-state index in [0.717, 1.165) is 12.1 Å². The highest BCUT2D eigenvalue weighted by atomic mass is 32.2. The first-order valence-electron chi connectivity index (χ1n) is 8.98. The molecular weight excluding hydrogens is 362 g/mol. The number of pyridine rings is 1. The number of benzene rings is 1. The van der Waals surface area contributed by atoms with Crippen LogP contribution in [0.4, 0.5) is 11.4 Å². The van der Waals surface area contributed by atoms with Crippen LogP contribution in [0.2, 0.25) is 0 Å². The van der Waals surface area contributed by atoms with Crippen molar-refractivity contribution in [3.05, 3.63) is 48.2 Å². The Morgan fingerprint density at radius 3 is 2.52 bits per heavy atom. The number of fused-ring (bicyclic) bond motifs is 1. The summed E-state index contributed by atoms with van der Waals surface area (Å²) in [5.74, 6) is -0.0219. The number of anilines is 2. The van der Waals surface area contributed by atoms with Crippen molar-refractivity contribution >= 4 is 27.1 Å². The summed E-state index contributed by atoms with van der Waals surface area (Å²) in [5, 5.41) is 3.15. The third kappa shape index (κ3) is 3.69. The van der Waals surface area contributed by atoms with E-state index in [1.807, 2.05) is 24.3 Å². The second-order valence-electron chi connectivity index (χ2n) is 7.74. The number of nitrogens with one attached hydrogen (secondary N) is 1. The van der Waals surface area contributed by atoms with Gasteiger partial charge in [0.05, 0.1) is 16.6 Å². The summed E-state index contributed by atoms with van der Waals surface area (Å²) in [6, 6.07) is 10.6. The summed E-state index contributed by atoms with van der Waals surface area (Å²) in [6.45, 7) is 7.40. The Morgan fingerprint density at radius 2 is 1.89 bits per heavy atom. The van der Waals surface area contributed by atoms with Gasteiger partial charge in [0.1, 0.15) is 6.04 Å². The molecule has 3 rings (SSSR count). The van der Waals surface area contributed by atoms with E-state index in [0.29, 0.717) is 12.2 Å². The van der Waals surface area contributed by atoms with E-state index in [1.54, 1.807) is 38.7 Å². The van der Waals surface area contributed by atoms with Crippen LogP contribution in [0.3, 0.4) is 0 Å². The van der Waals surface area contributed by atoms with Crippen molar-refractivity contribution in [1.29, 1.82) is 0 Å². The molecule has 0 aliphatic carbocycles. The van der Waals surface area contributed by atoms with E-state index in [9.17, 15) is 13.2 Å². The minimum Gasteiger partial charge on any atom is -0.373 e. The largest absolute Gasteiger partial charge is 0.373 e. The van der Waals surface area contributed by atoms with Gasteiger partial charge in [-0.25, -0.2) is 13.4 Å². The Kier molecular flexibility index (Phi) is 4.99. The topological polar surface area (TPSA) is 79.4 Å². The Balaban J connectivity index is 1.72. The number of nitrogens with zero attached hydrogens (tertiary/aromatic N) is 2. The smallest absolute Gasteiger partial charge is 0.249 e. The summed E-state index contributed by atoms with van der Waals surface area (Å²) in [7, 11) is -3.50. The fourth-order valence-electron chi connectivity index (χ4n) is 3.05. The van der Waals surface area contributed by atoms with Crippen molar-refractivity contribution in [3.63, 3.8) is 0 Å². The maximum Gasteiger partial charge on any atom is 0.249 e. The average molecular weight is 388 g/mol. The molecule has 2 aromatic rings. The van der Waals surface area contributed by atoms with Gasteiger partial charge in [-0.2, -0.15) is 0 Å². The van der Waals surface area contributed by atoms with Crippen LogP contribution >= 0.6 is 0 Å². The van der Waals surface area contributed by atoms with Crippen LogP contribution in [-0.2, 0) is 21.1 Å². The van der Waals surface area contributed by atoms with Crippen LogP contribution in [0, 0.1) is 0 Å². The van der Waals surface area contributed by atoms with Crippen LogP contribution in [-0.4, -0.2) is 36.6 Å². The van der Waals surface area contributed by atoms with Gasteiger partial charge in [-0.1, -0.05) is 18.2 Å². The number of amides is 1. The first kappa shape index (κ1) is 19.4. The number of hydrogen-bond acceptors (Lipinski definition) is 5. The second kappa shape index (κ2) is 6.96. The molecule has 1 aromatic heterocycles. The fraction of sp³-hybridized carbons (Fsp3) is 0.400. The van der Waals surface area contributed by atoms with Crippen LogP contribution < -0.4 is 10.2 Å². The summed E-state index contributed by atoms with van der Waals surface area (Å²) >= 11 is 0. The van der Waals surface area contributed by atoms with Crippen molar-refractivity contribution in [3.8, 4) is 0 Å². The SMILES string of the molecule is CC(Nc1ccc(S(=O)(=O)C(C)(C)C)nc1)C(=O)N1CCc2ccccc21. The first-order valence-corrected chi connectivity index (χ1v) is 10.5. The Morgan fingerprint density at radius 1 is 1.19 bits per heavy atom. The third-order valence-electron chi connectivity index (χ3n) is 4.72. The Bertz CT molecular complexity index is 947. The van der Waals surface area contributed by atoms with E-state index in [4.69, 9.17) is 0 Å². The standard InChI is InChI=1S/C20H25N3O3S/c1-14(19(24)23-12-11-15-7-5-6-8-17(15)23)22-16-9-10-18(21-13-16)27(25,26)20(2,3)4/h5-10,13-14,22H,11-12H2,1-4H3. The molecule has 0 fully saturated rings. The molecule has 6 nitrogen and oxygen atoms in total. The van der Waals surface area contributed by atoms with Gasteiger partial charge in [0.25, 0.3) is 0 Å². The molecule has 1 N–H and O–H groups in total. The molecule has 2 heterocycles. The number of hydrogen-bond donors (Lipinski definition) is 1. The van der Waals surface area contributed by atoms with E-state index in [1.165, 1.54) is 17.8 Å². The van der Waals surface area contributed by atoms with Gasteiger partial charge in [0.2, 0.25) is 5.91 Å². The lowest BCUT2D eigenvalue weighted by Gasteiger charge is -2.23. The van der Waals surface area contributed by atoms with Crippen molar-refractivity contribution in [2.24, 2.45) is 0 Å². The molecule has 0 saturated heterocycles. The van der Waals surface area contributed by atoms with Crippen molar-refractivity contribution in [2.75, 3.05) is 16.8 Å². The average Bonchev–Trinajstić information content (AvgIpc) is 3.04. The molecule has 0 radical (unpaired) electrons. The van der Waals surface area contributed by atoms with Gasteiger partial charge in [-0.3, -0.25) is 4.79 Å². The molecule has 144 valence electrons. The zero-order valence-corrected chi connectivity index (χ0v) is 16.9. The van der Waals surface area contributed by atoms with Gasteiger partial charge in [-0.15, -0.1) is 0 Å². The van der Waals surface area contributed by atoms with Crippen LogP contribution in [0.1, 0.15) is 33.3 Å². The molecule has 1 aliphatic rings. The van der Waals surface area contributed by atoms with Gasteiger partial charge in [0, 0.05) is 12.2 Å². The van der Waals surface area contributed by atoms with Crippen molar-refractivity contribution < 1.29 is 13.2 Å². The third-order valence-corrected chi connectivity index (χ3v) is 7.13. The molecule has 0 bridgehead atoms. The maximum absolute atomic E-state index is 12.8. The molecule has 1 aromatic carbocycles. The first-order chi connectivity index (χ1) is 12.6. The lowest BCUT2D eigenvalue weighted by atomic mass is 10.2. The highest BCUT2D eigenvalue weighted by Crippen LogP contribution is 2.28. The van der Waals surface area contributed by atoms with E-state index in [2.05, 4.69) is 10.3 Å². The van der Waals surface area contributed by atoms with E-state index >= 15 is 0 Å². The molecule has 0 spiro atoms. The molecule has 27 heavy (non-hydrogen) atoms. The summed E-state index contributed by atoms with van der Waals surface area (Å²) in [6.07, 6.45) is 2.32. The molecule has 1 unspecified atom stereocenters. The summed E-state index contributed by atoms with van der Waals surface area (Å²) in [4.78, 5) is 18.7. The van der Waals surface area contributed by atoms with Crippen molar-refractivity contribution in [2.45, 2.75) is 49.9 Å². The second-order valence-corrected chi connectivity index (χ2v) is 10.4. The minimum atomic E-state index is -3.50. The molecular formula is C20H25N3O3S. The number of carbonyl (C=O) groups excluding carboxylic acids is 1. The van der Waals surface area contributed by atoms with Crippen LogP contribution in [0.15, 0.2) is 47.6 Å².